The summed E-state index contributed by atoms with van der Waals surface area (Å²) >= 11 is 0. The summed E-state index contributed by atoms with van der Waals surface area (Å²) in [4.78, 5) is 17.4. The molecule has 4 rings (SSSR count). The van der Waals surface area contributed by atoms with Gasteiger partial charge in [0.2, 0.25) is 0 Å². The number of para-hydroxylation sites is 2. The fourth-order valence-electron chi connectivity index (χ4n) is 2.94. The Morgan fingerprint density at radius 1 is 1.17 bits per heavy atom. The molecule has 0 radical (unpaired) electrons. The van der Waals surface area contributed by atoms with Crippen LogP contribution in [0.5, 0.6) is 11.5 Å². The van der Waals surface area contributed by atoms with Crippen LogP contribution in [-0.2, 0) is 0 Å². The average molecular weight is 387 g/mol. The Morgan fingerprint density at radius 3 is 2.83 bits per heavy atom. The van der Waals surface area contributed by atoms with E-state index >= 15 is 0 Å². The van der Waals surface area contributed by atoms with Crippen molar-refractivity contribution in [3.8, 4) is 23.0 Å². The van der Waals surface area contributed by atoms with Gasteiger partial charge in [0, 0.05) is 10.9 Å². The van der Waals surface area contributed by atoms with Crippen molar-refractivity contribution < 1.29 is 19.1 Å². The normalized spacial score (nSPS) is 11.1. The first-order chi connectivity index (χ1) is 14.2. The van der Waals surface area contributed by atoms with E-state index in [1.807, 2.05) is 24.3 Å². The van der Waals surface area contributed by atoms with E-state index < -0.39 is 5.91 Å². The molecule has 2 aromatic heterocycles. The third-order valence-electron chi connectivity index (χ3n) is 4.35. The van der Waals surface area contributed by atoms with Gasteiger partial charge >= 0.3 is 0 Å². The van der Waals surface area contributed by atoms with Crippen molar-refractivity contribution in [2.75, 3.05) is 7.11 Å². The van der Waals surface area contributed by atoms with Crippen molar-refractivity contribution in [1.82, 2.24) is 10.4 Å². The van der Waals surface area contributed by atoms with Crippen molar-refractivity contribution in [2.24, 2.45) is 5.10 Å². The number of methoxy groups -OCH3 is 1. The first-order valence-corrected chi connectivity index (χ1v) is 8.80. The summed E-state index contributed by atoms with van der Waals surface area (Å²) in [5.41, 5.74) is 4.54. The maximum absolute atomic E-state index is 12.8. The van der Waals surface area contributed by atoms with E-state index in [0.29, 0.717) is 39.2 Å². The van der Waals surface area contributed by atoms with Crippen molar-refractivity contribution in [2.45, 2.75) is 0 Å². The standard InChI is InChI=1S/C22H17N3O4/c1-28-20-9-4-6-14(21(20)26)13-23-25-22(27)16-12-18(19-10-5-11-29-19)24-17-8-3-2-7-15(16)17/h2-13,26H,1H3,(H,25,27)/b23-13-. The van der Waals surface area contributed by atoms with E-state index in [9.17, 15) is 9.90 Å². The molecule has 0 saturated heterocycles. The summed E-state index contributed by atoms with van der Waals surface area (Å²) in [6.45, 7) is 0. The number of amides is 1. The van der Waals surface area contributed by atoms with Gasteiger partial charge in [-0.15, -0.1) is 0 Å². The van der Waals surface area contributed by atoms with Crippen LogP contribution >= 0.6 is 0 Å². The lowest BCUT2D eigenvalue weighted by atomic mass is 10.1. The minimum absolute atomic E-state index is 0.0533. The van der Waals surface area contributed by atoms with Crippen molar-refractivity contribution >= 4 is 23.0 Å². The number of carbonyl (C=O) groups is 1. The molecule has 0 unspecified atom stereocenters. The van der Waals surface area contributed by atoms with Gasteiger partial charge < -0.3 is 14.3 Å². The fourth-order valence-corrected chi connectivity index (χ4v) is 2.94. The molecule has 0 saturated carbocycles. The van der Waals surface area contributed by atoms with E-state index in [1.165, 1.54) is 13.3 Å². The number of fused-ring (bicyclic) bond motifs is 1. The van der Waals surface area contributed by atoms with Crippen LogP contribution in [0, 0.1) is 0 Å². The van der Waals surface area contributed by atoms with Crippen molar-refractivity contribution in [3.63, 3.8) is 0 Å². The molecule has 0 bridgehead atoms. The largest absolute Gasteiger partial charge is 0.504 e. The monoisotopic (exact) mass is 387 g/mol. The van der Waals surface area contributed by atoms with Gasteiger partial charge in [0.15, 0.2) is 17.3 Å². The number of nitrogens with zero attached hydrogens (tertiary/aromatic N) is 2. The number of carbonyl (C=O) groups excluding carboxylic acids is 1. The lowest BCUT2D eigenvalue weighted by Crippen LogP contribution is -2.18. The lowest BCUT2D eigenvalue weighted by Gasteiger charge is -2.08. The molecule has 2 aromatic carbocycles. The maximum atomic E-state index is 12.8. The minimum Gasteiger partial charge on any atom is -0.504 e. The van der Waals surface area contributed by atoms with Gasteiger partial charge in [-0.1, -0.05) is 24.3 Å². The number of aromatic nitrogens is 1. The first kappa shape index (κ1) is 18.2. The zero-order chi connectivity index (χ0) is 20.2. The number of nitrogens with one attached hydrogen (secondary N) is 1. The quantitative estimate of drug-likeness (QED) is 0.399. The van der Waals surface area contributed by atoms with E-state index in [-0.39, 0.29) is 5.75 Å². The average Bonchev–Trinajstić information content (AvgIpc) is 3.29. The Morgan fingerprint density at radius 2 is 2.03 bits per heavy atom. The zero-order valence-corrected chi connectivity index (χ0v) is 15.5. The van der Waals surface area contributed by atoms with Crippen LogP contribution in [0.1, 0.15) is 15.9 Å². The minimum atomic E-state index is -0.407. The number of hydrogen-bond acceptors (Lipinski definition) is 6. The lowest BCUT2D eigenvalue weighted by molar-refractivity contribution is 0.0956. The Balaban J connectivity index is 1.65. The second-order valence-electron chi connectivity index (χ2n) is 6.15. The molecule has 2 heterocycles. The topological polar surface area (TPSA) is 97.0 Å². The summed E-state index contributed by atoms with van der Waals surface area (Å²) < 4.78 is 10.5. The van der Waals surface area contributed by atoms with Crippen LogP contribution < -0.4 is 10.2 Å². The second-order valence-corrected chi connectivity index (χ2v) is 6.15. The number of benzene rings is 2. The van der Waals surface area contributed by atoms with Crippen molar-refractivity contribution in [3.05, 3.63) is 78.1 Å². The van der Waals surface area contributed by atoms with Crippen LogP contribution in [0.2, 0.25) is 0 Å². The van der Waals surface area contributed by atoms with Crippen LogP contribution in [0.25, 0.3) is 22.4 Å². The van der Waals surface area contributed by atoms with Gasteiger partial charge in [0.1, 0.15) is 5.69 Å². The number of hydrogen-bond donors (Lipinski definition) is 2. The zero-order valence-electron chi connectivity index (χ0n) is 15.5. The molecule has 0 aliphatic rings. The summed E-state index contributed by atoms with van der Waals surface area (Å²) in [5, 5.41) is 14.8. The highest BCUT2D eigenvalue weighted by atomic mass is 16.5. The molecule has 0 atom stereocenters. The Kier molecular flexibility index (Phi) is 4.94. The Hall–Kier alpha value is -4.13. The van der Waals surface area contributed by atoms with Gasteiger partial charge in [0.25, 0.3) is 5.91 Å². The number of rotatable bonds is 5. The summed E-state index contributed by atoms with van der Waals surface area (Å²) in [6.07, 6.45) is 2.91. The number of aromatic hydroxyl groups is 1. The maximum Gasteiger partial charge on any atom is 0.272 e. The summed E-state index contributed by atoms with van der Waals surface area (Å²) in [7, 11) is 1.46. The molecule has 1 amide bonds. The molecule has 7 nitrogen and oxygen atoms in total. The molecule has 0 fully saturated rings. The number of pyridine rings is 1. The second kappa shape index (κ2) is 7.85. The molecule has 4 aromatic rings. The van der Waals surface area contributed by atoms with Gasteiger partial charge in [-0.05, 0) is 36.4 Å². The first-order valence-electron chi connectivity index (χ1n) is 8.80. The number of hydrazone groups is 1. The van der Waals surface area contributed by atoms with Crippen LogP contribution in [0.15, 0.2) is 76.4 Å². The summed E-state index contributed by atoms with van der Waals surface area (Å²) in [5.74, 6) is 0.426. The predicted octanol–water partition coefficient (Wildman–Crippen LogP) is 3.97. The molecule has 0 aliphatic carbocycles. The number of phenolic OH excluding ortho intramolecular Hbond substituents is 1. The molecular formula is C22H17N3O4. The van der Waals surface area contributed by atoms with Gasteiger partial charge in [-0.25, -0.2) is 10.4 Å². The van der Waals surface area contributed by atoms with E-state index in [2.05, 4.69) is 15.5 Å². The smallest absolute Gasteiger partial charge is 0.272 e. The molecule has 144 valence electrons. The van der Waals surface area contributed by atoms with Crippen LogP contribution in [0.3, 0.4) is 0 Å². The van der Waals surface area contributed by atoms with E-state index in [4.69, 9.17) is 9.15 Å². The molecule has 0 aliphatic heterocycles. The Labute approximate surface area is 166 Å². The SMILES string of the molecule is COc1cccc(/C=N\NC(=O)c2cc(-c3ccco3)nc3ccccc23)c1O. The van der Waals surface area contributed by atoms with E-state index in [0.717, 1.165) is 0 Å². The number of phenols is 1. The third-order valence-corrected chi connectivity index (χ3v) is 4.35. The van der Waals surface area contributed by atoms with Gasteiger partial charge in [0.05, 0.1) is 30.7 Å². The van der Waals surface area contributed by atoms with Crippen LogP contribution in [-0.4, -0.2) is 29.3 Å². The highest BCUT2D eigenvalue weighted by Crippen LogP contribution is 2.28. The van der Waals surface area contributed by atoms with Crippen molar-refractivity contribution in [1.29, 1.82) is 0 Å². The molecule has 29 heavy (non-hydrogen) atoms. The van der Waals surface area contributed by atoms with Gasteiger partial charge in [-0.2, -0.15) is 5.10 Å². The molecule has 2 N–H and O–H groups in total. The molecule has 0 spiro atoms. The number of ether oxygens (including phenoxy) is 1. The Bertz CT molecular complexity index is 1200. The fraction of sp³-hybridized carbons (Fsp3) is 0.0455. The predicted molar refractivity (Wildman–Crippen MR) is 109 cm³/mol. The summed E-state index contributed by atoms with van der Waals surface area (Å²) in [6, 6.07) is 17.5. The highest BCUT2D eigenvalue weighted by molar-refractivity contribution is 6.07. The van der Waals surface area contributed by atoms with Gasteiger partial charge in [-0.3, -0.25) is 4.79 Å². The third kappa shape index (κ3) is 3.66. The van der Waals surface area contributed by atoms with E-state index in [1.54, 1.807) is 42.7 Å². The van der Waals surface area contributed by atoms with Crippen LogP contribution in [0.4, 0.5) is 0 Å². The number of furan rings is 1. The highest BCUT2D eigenvalue weighted by Gasteiger charge is 2.14. The molecular weight excluding hydrogens is 370 g/mol. The molecule has 7 heteroatoms.